The van der Waals surface area contributed by atoms with E-state index in [4.69, 9.17) is 0 Å². The summed E-state index contributed by atoms with van der Waals surface area (Å²) in [5, 5.41) is 4.68. The summed E-state index contributed by atoms with van der Waals surface area (Å²) in [6, 6.07) is 1.96. The molecule has 0 unspecified atom stereocenters. The maximum Gasteiger partial charge on any atom is 0.261 e. The number of aryl methyl sites for hydroxylation is 1. The maximum atomic E-state index is 11.8. The summed E-state index contributed by atoms with van der Waals surface area (Å²) in [6.07, 6.45) is 1.19. The minimum Gasteiger partial charge on any atom is -0.351 e. The van der Waals surface area contributed by atoms with Crippen LogP contribution in [0.1, 0.15) is 28.6 Å². The third-order valence-electron chi connectivity index (χ3n) is 2.46. The molecule has 0 saturated carbocycles. The number of amides is 2. The molecule has 0 aromatic carbocycles. The van der Waals surface area contributed by atoms with Gasteiger partial charge in [-0.25, -0.2) is 0 Å². The topological polar surface area (TPSA) is 49.4 Å². The lowest BCUT2D eigenvalue weighted by atomic mass is 10.2. The third kappa shape index (κ3) is 3.85. The summed E-state index contributed by atoms with van der Waals surface area (Å²) in [7, 11) is 3.41. The zero-order valence-electron chi connectivity index (χ0n) is 10.4. The molecule has 0 fully saturated rings. The van der Waals surface area contributed by atoms with Gasteiger partial charge in [-0.2, -0.15) is 0 Å². The van der Waals surface area contributed by atoms with Crippen LogP contribution in [0.25, 0.3) is 0 Å². The van der Waals surface area contributed by atoms with Gasteiger partial charge in [0.05, 0.1) is 4.88 Å². The lowest BCUT2D eigenvalue weighted by Gasteiger charge is -2.10. The molecule has 1 aromatic rings. The molecule has 2 amide bonds. The van der Waals surface area contributed by atoms with Crippen molar-refractivity contribution in [3.8, 4) is 0 Å². The number of nitrogens with one attached hydrogen (secondary N) is 1. The van der Waals surface area contributed by atoms with Crippen LogP contribution >= 0.6 is 11.3 Å². The molecule has 1 heterocycles. The average molecular weight is 254 g/mol. The first-order valence-corrected chi connectivity index (χ1v) is 6.49. The quantitative estimate of drug-likeness (QED) is 0.866. The molecular weight excluding hydrogens is 236 g/mol. The molecular formula is C12H18N2O2S. The molecule has 0 spiro atoms. The first-order chi connectivity index (χ1) is 8.06. The van der Waals surface area contributed by atoms with Crippen LogP contribution in [-0.4, -0.2) is 37.4 Å². The minimum atomic E-state index is -0.0802. The highest BCUT2D eigenvalue weighted by Crippen LogP contribution is 2.16. The Labute approximate surface area is 106 Å². The molecule has 0 atom stereocenters. The van der Waals surface area contributed by atoms with E-state index in [2.05, 4.69) is 5.32 Å². The van der Waals surface area contributed by atoms with E-state index in [9.17, 15) is 9.59 Å². The van der Waals surface area contributed by atoms with Crippen LogP contribution in [0.2, 0.25) is 0 Å². The molecule has 1 N–H and O–H groups in total. The van der Waals surface area contributed by atoms with Gasteiger partial charge in [-0.05, 0) is 23.4 Å². The molecule has 0 radical (unpaired) electrons. The largest absolute Gasteiger partial charge is 0.351 e. The summed E-state index contributed by atoms with van der Waals surface area (Å²) in [4.78, 5) is 25.4. The van der Waals surface area contributed by atoms with Crippen LogP contribution < -0.4 is 5.32 Å². The molecule has 1 rings (SSSR count). The second kappa shape index (κ2) is 6.39. The van der Waals surface area contributed by atoms with Crippen LogP contribution in [-0.2, 0) is 11.2 Å². The van der Waals surface area contributed by atoms with Crippen LogP contribution in [0.5, 0.6) is 0 Å². The number of nitrogens with zero attached hydrogens (tertiary/aromatic N) is 1. The molecule has 0 aliphatic heterocycles. The molecule has 0 aliphatic rings. The Morgan fingerprint density at radius 1 is 1.41 bits per heavy atom. The highest BCUT2D eigenvalue weighted by atomic mass is 32.1. The Morgan fingerprint density at radius 3 is 2.71 bits per heavy atom. The van der Waals surface area contributed by atoms with Crippen molar-refractivity contribution in [1.82, 2.24) is 10.2 Å². The second-order valence-corrected chi connectivity index (χ2v) is 4.84. The standard InChI is InChI=1S/C12H18N2O2S/c1-4-9-6-8-17-11(9)12(16)13-7-5-10(15)14(2)3/h6,8H,4-5,7H2,1-3H3,(H,13,16). The minimum absolute atomic E-state index is 0.0206. The highest BCUT2D eigenvalue weighted by molar-refractivity contribution is 7.12. The van der Waals surface area contributed by atoms with E-state index in [1.54, 1.807) is 14.1 Å². The summed E-state index contributed by atoms with van der Waals surface area (Å²) < 4.78 is 0. The van der Waals surface area contributed by atoms with Crippen molar-refractivity contribution in [2.75, 3.05) is 20.6 Å². The van der Waals surface area contributed by atoms with E-state index in [1.165, 1.54) is 16.2 Å². The first-order valence-electron chi connectivity index (χ1n) is 5.61. The van der Waals surface area contributed by atoms with Gasteiger partial charge in [-0.15, -0.1) is 11.3 Å². The van der Waals surface area contributed by atoms with Crippen molar-refractivity contribution in [3.63, 3.8) is 0 Å². The van der Waals surface area contributed by atoms with Crippen molar-refractivity contribution in [2.24, 2.45) is 0 Å². The average Bonchev–Trinajstić information content (AvgIpc) is 2.76. The maximum absolute atomic E-state index is 11.8. The van der Waals surface area contributed by atoms with Crippen molar-refractivity contribution in [3.05, 3.63) is 21.9 Å². The highest BCUT2D eigenvalue weighted by Gasteiger charge is 2.12. The molecule has 0 aliphatic carbocycles. The lowest BCUT2D eigenvalue weighted by Crippen LogP contribution is -2.30. The molecule has 5 heteroatoms. The number of hydrogen-bond acceptors (Lipinski definition) is 3. The van der Waals surface area contributed by atoms with Crippen molar-refractivity contribution < 1.29 is 9.59 Å². The molecule has 1 aromatic heterocycles. The van der Waals surface area contributed by atoms with E-state index in [0.717, 1.165) is 16.9 Å². The van der Waals surface area contributed by atoms with Crippen molar-refractivity contribution in [2.45, 2.75) is 19.8 Å². The van der Waals surface area contributed by atoms with E-state index in [1.807, 2.05) is 18.4 Å². The molecule has 17 heavy (non-hydrogen) atoms. The Kier molecular flexibility index (Phi) is 5.15. The smallest absolute Gasteiger partial charge is 0.261 e. The van der Waals surface area contributed by atoms with Gasteiger partial charge in [0.25, 0.3) is 5.91 Å². The van der Waals surface area contributed by atoms with Gasteiger partial charge in [0, 0.05) is 27.1 Å². The molecule has 0 saturated heterocycles. The van der Waals surface area contributed by atoms with Crippen LogP contribution in [0.15, 0.2) is 11.4 Å². The Balaban J connectivity index is 2.43. The van der Waals surface area contributed by atoms with E-state index < -0.39 is 0 Å². The Hall–Kier alpha value is -1.36. The van der Waals surface area contributed by atoms with Crippen LogP contribution in [0.3, 0.4) is 0 Å². The second-order valence-electron chi connectivity index (χ2n) is 3.92. The predicted molar refractivity (Wildman–Crippen MR) is 69.3 cm³/mol. The summed E-state index contributed by atoms with van der Waals surface area (Å²) in [6.45, 7) is 2.41. The summed E-state index contributed by atoms with van der Waals surface area (Å²) >= 11 is 1.44. The fourth-order valence-corrected chi connectivity index (χ4v) is 2.31. The van der Waals surface area contributed by atoms with Crippen LogP contribution in [0, 0.1) is 0 Å². The first kappa shape index (κ1) is 13.7. The zero-order valence-corrected chi connectivity index (χ0v) is 11.3. The van der Waals surface area contributed by atoms with E-state index >= 15 is 0 Å². The molecule has 4 nitrogen and oxygen atoms in total. The van der Waals surface area contributed by atoms with Gasteiger partial charge in [0.2, 0.25) is 5.91 Å². The van der Waals surface area contributed by atoms with Crippen molar-refractivity contribution >= 4 is 23.2 Å². The summed E-state index contributed by atoms with van der Waals surface area (Å²) in [5.41, 5.74) is 1.06. The van der Waals surface area contributed by atoms with Gasteiger partial charge in [-0.3, -0.25) is 9.59 Å². The van der Waals surface area contributed by atoms with Gasteiger partial charge in [0.1, 0.15) is 0 Å². The number of carbonyl (C=O) groups excluding carboxylic acids is 2. The fourth-order valence-electron chi connectivity index (χ4n) is 1.40. The normalized spacial score (nSPS) is 10.1. The third-order valence-corrected chi connectivity index (χ3v) is 3.41. The van der Waals surface area contributed by atoms with Gasteiger partial charge in [-0.1, -0.05) is 6.92 Å². The van der Waals surface area contributed by atoms with E-state index in [0.29, 0.717) is 13.0 Å². The molecule has 0 bridgehead atoms. The lowest BCUT2D eigenvalue weighted by molar-refractivity contribution is -0.128. The van der Waals surface area contributed by atoms with E-state index in [-0.39, 0.29) is 11.8 Å². The Morgan fingerprint density at radius 2 is 2.12 bits per heavy atom. The predicted octanol–water partition coefficient (Wildman–Crippen LogP) is 1.52. The number of carbonyl (C=O) groups is 2. The van der Waals surface area contributed by atoms with Crippen LogP contribution in [0.4, 0.5) is 0 Å². The molecule has 94 valence electrons. The number of hydrogen-bond donors (Lipinski definition) is 1. The Bertz CT molecular complexity index is 399. The number of thiophene rings is 1. The fraction of sp³-hybridized carbons (Fsp3) is 0.500. The van der Waals surface area contributed by atoms with Gasteiger partial charge < -0.3 is 10.2 Å². The van der Waals surface area contributed by atoms with Gasteiger partial charge in [0.15, 0.2) is 0 Å². The zero-order chi connectivity index (χ0) is 12.8. The SMILES string of the molecule is CCc1ccsc1C(=O)NCCC(=O)N(C)C. The van der Waals surface area contributed by atoms with Gasteiger partial charge >= 0.3 is 0 Å². The number of rotatable bonds is 5. The van der Waals surface area contributed by atoms with Crippen molar-refractivity contribution in [1.29, 1.82) is 0 Å². The summed E-state index contributed by atoms with van der Waals surface area (Å²) in [5.74, 6) is -0.0596. The monoisotopic (exact) mass is 254 g/mol.